The van der Waals surface area contributed by atoms with Crippen molar-refractivity contribution in [2.24, 2.45) is 5.92 Å². The Balaban J connectivity index is 1.85. The molecule has 1 saturated carbocycles. The van der Waals surface area contributed by atoms with Crippen LogP contribution in [0.2, 0.25) is 5.02 Å². The Morgan fingerprint density at radius 2 is 1.84 bits per heavy atom. The van der Waals surface area contributed by atoms with Crippen LogP contribution in [-0.4, -0.2) is 5.11 Å². The van der Waals surface area contributed by atoms with Crippen molar-refractivity contribution in [2.75, 3.05) is 0 Å². The predicted octanol–water partition coefficient (Wildman–Crippen LogP) is 5.09. The van der Waals surface area contributed by atoms with Crippen LogP contribution in [0.5, 0.6) is 0 Å². The summed E-state index contributed by atoms with van der Waals surface area (Å²) in [5.41, 5.74) is 0.798. The highest BCUT2D eigenvalue weighted by molar-refractivity contribution is 6.31. The average Bonchev–Trinajstić information content (AvgIpc) is 2.64. The van der Waals surface area contributed by atoms with Gasteiger partial charge >= 0.3 is 0 Å². The second-order valence-electron chi connectivity index (χ2n) is 5.53. The van der Waals surface area contributed by atoms with E-state index in [1.165, 1.54) is 25.7 Å². The number of furan rings is 1. The van der Waals surface area contributed by atoms with Gasteiger partial charge in [0.2, 0.25) is 0 Å². The van der Waals surface area contributed by atoms with Crippen LogP contribution in [0.15, 0.2) is 28.7 Å². The van der Waals surface area contributed by atoms with E-state index in [-0.39, 0.29) is 0 Å². The number of fused-ring (bicyclic) bond motifs is 1. The van der Waals surface area contributed by atoms with Crippen molar-refractivity contribution in [3.8, 4) is 0 Å². The maximum atomic E-state index is 10.5. The molecule has 1 aliphatic carbocycles. The second kappa shape index (κ2) is 5.56. The Kier molecular flexibility index (Phi) is 3.81. The summed E-state index contributed by atoms with van der Waals surface area (Å²) in [6.45, 7) is 0. The van der Waals surface area contributed by atoms with E-state index < -0.39 is 6.10 Å². The first-order valence-electron chi connectivity index (χ1n) is 7.11. The van der Waals surface area contributed by atoms with Gasteiger partial charge in [0.05, 0.1) is 0 Å². The van der Waals surface area contributed by atoms with Crippen LogP contribution >= 0.6 is 11.6 Å². The Hall–Kier alpha value is -0.990. The molecule has 1 heterocycles. The van der Waals surface area contributed by atoms with Crippen LogP contribution < -0.4 is 0 Å². The summed E-state index contributed by atoms with van der Waals surface area (Å²) in [7, 11) is 0. The lowest BCUT2D eigenvalue weighted by Crippen LogP contribution is -2.11. The molecule has 1 fully saturated rings. The highest BCUT2D eigenvalue weighted by Gasteiger charge is 2.24. The average molecular weight is 279 g/mol. The van der Waals surface area contributed by atoms with Gasteiger partial charge in [-0.25, -0.2) is 0 Å². The molecular formula is C16H19ClO2. The van der Waals surface area contributed by atoms with E-state index >= 15 is 0 Å². The first kappa shape index (κ1) is 13.0. The smallest absolute Gasteiger partial charge is 0.134 e. The lowest BCUT2D eigenvalue weighted by molar-refractivity contribution is 0.0791. The molecule has 2 aromatic rings. The summed E-state index contributed by atoms with van der Waals surface area (Å²) in [5.74, 6) is 1.02. The highest BCUT2D eigenvalue weighted by atomic mass is 35.5. The van der Waals surface area contributed by atoms with Crippen molar-refractivity contribution < 1.29 is 9.52 Å². The Morgan fingerprint density at radius 3 is 2.58 bits per heavy atom. The molecule has 1 aromatic heterocycles. The van der Waals surface area contributed by atoms with Crippen LogP contribution in [0.4, 0.5) is 0 Å². The molecule has 0 saturated heterocycles. The van der Waals surface area contributed by atoms with Gasteiger partial charge in [-0.1, -0.05) is 37.3 Å². The van der Waals surface area contributed by atoms with Gasteiger partial charge in [-0.15, -0.1) is 0 Å². The standard InChI is InChI=1S/C16H19ClO2/c17-13-7-8-14-12(9-13)10-15(19-14)16(18)11-5-3-1-2-4-6-11/h7-11,16,18H,1-6H2. The number of halogens is 1. The molecule has 0 amide bonds. The quantitative estimate of drug-likeness (QED) is 0.776. The summed E-state index contributed by atoms with van der Waals surface area (Å²) in [6, 6.07) is 7.48. The number of aliphatic hydroxyl groups is 1. The number of rotatable bonds is 2. The fourth-order valence-corrected chi connectivity index (χ4v) is 3.22. The van der Waals surface area contributed by atoms with Gasteiger partial charge in [0.25, 0.3) is 0 Å². The summed E-state index contributed by atoms with van der Waals surface area (Å²) in [5, 5.41) is 12.2. The molecule has 0 aliphatic heterocycles. The molecule has 0 bridgehead atoms. The third-order valence-electron chi connectivity index (χ3n) is 4.14. The van der Waals surface area contributed by atoms with Crippen molar-refractivity contribution in [3.05, 3.63) is 35.0 Å². The molecule has 1 aromatic carbocycles. The fraction of sp³-hybridized carbons (Fsp3) is 0.500. The third kappa shape index (κ3) is 2.80. The molecule has 102 valence electrons. The highest BCUT2D eigenvalue weighted by Crippen LogP contribution is 2.36. The van der Waals surface area contributed by atoms with Gasteiger partial charge in [-0.3, -0.25) is 0 Å². The van der Waals surface area contributed by atoms with Gasteiger partial charge in [-0.05, 0) is 43.0 Å². The molecule has 3 rings (SSSR count). The molecule has 1 aliphatic rings. The summed E-state index contributed by atoms with van der Waals surface area (Å²) in [6.07, 6.45) is 6.72. The van der Waals surface area contributed by atoms with E-state index in [9.17, 15) is 5.11 Å². The molecule has 3 heteroatoms. The van der Waals surface area contributed by atoms with Crippen LogP contribution in [0.1, 0.15) is 50.4 Å². The predicted molar refractivity (Wildman–Crippen MR) is 77.4 cm³/mol. The first-order chi connectivity index (χ1) is 9.24. The SMILES string of the molecule is OC(c1cc2cc(Cl)ccc2o1)C1CCCCCC1. The molecular weight excluding hydrogens is 260 g/mol. The monoisotopic (exact) mass is 278 g/mol. The van der Waals surface area contributed by atoms with Crippen molar-refractivity contribution in [2.45, 2.75) is 44.6 Å². The normalized spacial score (nSPS) is 19.5. The van der Waals surface area contributed by atoms with E-state index in [0.29, 0.717) is 16.7 Å². The van der Waals surface area contributed by atoms with Crippen molar-refractivity contribution in [3.63, 3.8) is 0 Å². The Morgan fingerprint density at radius 1 is 1.11 bits per heavy atom. The molecule has 0 radical (unpaired) electrons. The Bertz CT molecular complexity index is 553. The zero-order valence-electron chi connectivity index (χ0n) is 10.9. The first-order valence-corrected chi connectivity index (χ1v) is 7.49. The Labute approximate surface area is 118 Å². The van der Waals surface area contributed by atoms with E-state index in [4.69, 9.17) is 16.0 Å². The van der Waals surface area contributed by atoms with Crippen LogP contribution in [0.3, 0.4) is 0 Å². The van der Waals surface area contributed by atoms with E-state index in [1.807, 2.05) is 24.3 Å². The van der Waals surface area contributed by atoms with Crippen molar-refractivity contribution in [1.82, 2.24) is 0 Å². The van der Waals surface area contributed by atoms with Gasteiger partial charge in [0, 0.05) is 10.4 Å². The molecule has 2 nitrogen and oxygen atoms in total. The third-order valence-corrected chi connectivity index (χ3v) is 4.37. The van der Waals surface area contributed by atoms with Gasteiger partial charge in [0.15, 0.2) is 0 Å². The minimum absolute atomic E-state index is 0.332. The number of hydrogen-bond donors (Lipinski definition) is 1. The summed E-state index contributed by atoms with van der Waals surface area (Å²) < 4.78 is 5.77. The lowest BCUT2D eigenvalue weighted by Gasteiger charge is -2.18. The molecule has 1 unspecified atom stereocenters. The second-order valence-corrected chi connectivity index (χ2v) is 5.96. The molecule has 19 heavy (non-hydrogen) atoms. The van der Waals surface area contributed by atoms with E-state index in [2.05, 4.69) is 0 Å². The number of benzene rings is 1. The van der Waals surface area contributed by atoms with Crippen LogP contribution in [0, 0.1) is 5.92 Å². The number of hydrogen-bond acceptors (Lipinski definition) is 2. The topological polar surface area (TPSA) is 33.4 Å². The van der Waals surface area contributed by atoms with Crippen molar-refractivity contribution >= 4 is 22.6 Å². The minimum atomic E-state index is -0.482. The number of aliphatic hydroxyl groups excluding tert-OH is 1. The van der Waals surface area contributed by atoms with Gasteiger partial charge < -0.3 is 9.52 Å². The van der Waals surface area contributed by atoms with E-state index in [1.54, 1.807) is 0 Å². The van der Waals surface area contributed by atoms with Gasteiger partial charge in [0.1, 0.15) is 17.4 Å². The maximum absolute atomic E-state index is 10.5. The molecule has 0 spiro atoms. The lowest BCUT2D eigenvalue weighted by atomic mass is 9.92. The summed E-state index contributed by atoms with van der Waals surface area (Å²) in [4.78, 5) is 0. The van der Waals surface area contributed by atoms with Crippen LogP contribution in [-0.2, 0) is 0 Å². The van der Waals surface area contributed by atoms with E-state index in [0.717, 1.165) is 23.8 Å². The van der Waals surface area contributed by atoms with Crippen LogP contribution in [0.25, 0.3) is 11.0 Å². The zero-order valence-corrected chi connectivity index (χ0v) is 11.7. The largest absolute Gasteiger partial charge is 0.458 e. The molecule has 1 N–H and O–H groups in total. The van der Waals surface area contributed by atoms with Crippen molar-refractivity contribution in [1.29, 1.82) is 0 Å². The summed E-state index contributed by atoms with van der Waals surface area (Å²) >= 11 is 5.97. The van der Waals surface area contributed by atoms with Gasteiger partial charge in [-0.2, -0.15) is 0 Å². The molecule has 1 atom stereocenters. The maximum Gasteiger partial charge on any atom is 0.134 e. The minimum Gasteiger partial charge on any atom is -0.458 e. The fourth-order valence-electron chi connectivity index (χ4n) is 3.04. The zero-order chi connectivity index (χ0) is 13.2.